The molecule has 0 fully saturated rings. The van der Waals surface area contributed by atoms with Crippen LogP contribution in [0.25, 0.3) is 0 Å². The van der Waals surface area contributed by atoms with E-state index in [0.717, 1.165) is 0 Å². The number of esters is 1. The molecule has 0 aliphatic carbocycles. The molecule has 1 aromatic rings. The standard InChI is InChI=1S/C16H21N3O5S2/c1-19(2)14(20)10-24-16(21)12(8-9-25-3)17-15-11-6-4-5-7-13(11)26(22,23)18-15/h4-7,12H,8-10H2,1-3H3,(H,17,18)/t12-/m1/s1. The minimum atomic E-state index is -3.68. The molecule has 1 heterocycles. The quantitative estimate of drug-likeness (QED) is 0.669. The fraction of sp³-hybridized carbons (Fsp3) is 0.438. The van der Waals surface area contributed by atoms with Crippen molar-refractivity contribution < 1.29 is 22.7 Å². The summed E-state index contributed by atoms with van der Waals surface area (Å²) in [6.45, 7) is -0.380. The number of nitrogens with one attached hydrogen (secondary N) is 1. The zero-order valence-corrected chi connectivity index (χ0v) is 16.4. The average Bonchev–Trinajstić information content (AvgIpc) is 2.86. The van der Waals surface area contributed by atoms with Crippen LogP contribution in [0.4, 0.5) is 0 Å². The molecule has 142 valence electrons. The Kier molecular flexibility index (Phi) is 6.65. The van der Waals surface area contributed by atoms with Crippen LogP contribution >= 0.6 is 11.8 Å². The van der Waals surface area contributed by atoms with Crippen molar-refractivity contribution in [1.82, 2.24) is 9.62 Å². The van der Waals surface area contributed by atoms with Crippen LogP contribution in [-0.4, -0.2) is 69.8 Å². The molecule has 10 heteroatoms. The van der Waals surface area contributed by atoms with Crippen LogP contribution in [0.1, 0.15) is 12.0 Å². The van der Waals surface area contributed by atoms with Crippen LogP contribution < -0.4 is 4.72 Å². The van der Waals surface area contributed by atoms with Gasteiger partial charge in [-0.1, -0.05) is 12.1 Å². The van der Waals surface area contributed by atoms with E-state index in [1.165, 1.54) is 22.7 Å². The van der Waals surface area contributed by atoms with E-state index in [0.29, 0.717) is 17.7 Å². The predicted octanol–water partition coefficient (Wildman–Crippen LogP) is 0.478. The number of ether oxygens (including phenoxy) is 1. The third-order valence-electron chi connectivity index (χ3n) is 3.65. The second-order valence-corrected chi connectivity index (χ2v) is 8.41. The van der Waals surface area contributed by atoms with Crippen LogP contribution in [0.2, 0.25) is 0 Å². The van der Waals surface area contributed by atoms with Gasteiger partial charge in [-0.05, 0) is 30.6 Å². The number of sulfonamides is 1. The highest BCUT2D eigenvalue weighted by molar-refractivity contribution is 7.98. The summed E-state index contributed by atoms with van der Waals surface area (Å²) >= 11 is 1.53. The maximum Gasteiger partial charge on any atom is 0.331 e. The third kappa shape index (κ3) is 4.76. The van der Waals surface area contributed by atoms with E-state index in [4.69, 9.17) is 4.74 Å². The van der Waals surface area contributed by atoms with E-state index < -0.39 is 22.0 Å². The Hall–Kier alpha value is -2.07. The van der Waals surface area contributed by atoms with Crippen molar-refractivity contribution >= 4 is 39.5 Å². The molecule has 26 heavy (non-hydrogen) atoms. The Morgan fingerprint density at radius 1 is 1.31 bits per heavy atom. The molecule has 0 unspecified atom stereocenters. The summed E-state index contributed by atoms with van der Waals surface area (Å²) < 4.78 is 31.7. The molecule has 1 aromatic carbocycles. The number of carbonyl (C=O) groups excluding carboxylic acids is 2. The smallest absolute Gasteiger partial charge is 0.331 e. The van der Waals surface area contributed by atoms with Gasteiger partial charge in [0, 0.05) is 19.7 Å². The van der Waals surface area contributed by atoms with E-state index in [-0.39, 0.29) is 23.2 Å². The monoisotopic (exact) mass is 399 g/mol. The van der Waals surface area contributed by atoms with Gasteiger partial charge in [-0.2, -0.15) is 11.8 Å². The van der Waals surface area contributed by atoms with Crippen molar-refractivity contribution in [2.24, 2.45) is 4.99 Å². The summed E-state index contributed by atoms with van der Waals surface area (Å²) in [4.78, 5) is 29.7. The highest BCUT2D eigenvalue weighted by Gasteiger charge is 2.32. The number of hydrogen-bond donors (Lipinski definition) is 1. The molecule has 0 radical (unpaired) electrons. The number of benzene rings is 1. The van der Waals surface area contributed by atoms with Crippen molar-refractivity contribution in [2.75, 3.05) is 32.7 Å². The molecule has 0 aromatic heterocycles. The van der Waals surface area contributed by atoms with Crippen molar-refractivity contribution in [3.8, 4) is 0 Å². The number of hydrogen-bond acceptors (Lipinski definition) is 7. The second kappa shape index (κ2) is 8.54. The topological polar surface area (TPSA) is 105 Å². The van der Waals surface area contributed by atoms with Gasteiger partial charge in [0.2, 0.25) is 0 Å². The van der Waals surface area contributed by atoms with Gasteiger partial charge in [-0.15, -0.1) is 0 Å². The van der Waals surface area contributed by atoms with Gasteiger partial charge in [-0.25, -0.2) is 13.2 Å². The Morgan fingerprint density at radius 2 is 2.00 bits per heavy atom. The van der Waals surface area contributed by atoms with Crippen LogP contribution in [0.3, 0.4) is 0 Å². The summed E-state index contributed by atoms with van der Waals surface area (Å²) in [5, 5.41) is 0. The molecule has 1 atom stereocenters. The zero-order chi connectivity index (χ0) is 19.3. The number of amidine groups is 1. The van der Waals surface area contributed by atoms with Crippen LogP contribution in [0.15, 0.2) is 34.2 Å². The van der Waals surface area contributed by atoms with Gasteiger partial charge in [0.05, 0.1) is 4.90 Å². The summed E-state index contributed by atoms with van der Waals surface area (Å²) in [6.07, 6.45) is 2.25. The summed E-state index contributed by atoms with van der Waals surface area (Å²) in [5.41, 5.74) is 0.416. The van der Waals surface area contributed by atoms with Gasteiger partial charge in [0.25, 0.3) is 15.9 Å². The molecule has 1 N–H and O–H groups in total. The number of likely N-dealkylation sites (N-methyl/N-ethyl adjacent to an activating group) is 1. The fourth-order valence-corrected chi connectivity index (χ4v) is 3.91. The lowest BCUT2D eigenvalue weighted by Gasteiger charge is -2.14. The summed E-state index contributed by atoms with van der Waals surface area (Å²) in [7, 11) is -0.560. The Morgan fingerprint density at radius 3 is 2.65 bits per heavy atom. The lowest BCUT2D eigenvalue weighted by atomic mass is 10.2. The number of fused-ring (bicyclic) bond motifs is 1. The number of carbonyl (C=O) groups is 2. The molecule has 2 rings (SSSR count). The molecular formula is C16H21N3O5S2. The molecule has 1 aliphatic rings. The minimum Gasteiger partial charge on any atom is -0.454 e. The van der Waals surface area contributed by atoms with Crippen molar-refractivity contribution in [2.45, 2.75) is 17.4 Å². The largest absolute Gasteiger partial charge is 0.454 e. The molecule has 0 saturated heterocycles. The van der Waals surface area contributed by atoms with Gasteiger partial charge >= 0.3 is 5.97 Å². The second-order valence-electron chi connectivity index (χ2n) is 5.77. The average molecular weight is 399 g/mol. The van der Waals surface area contributed by atoms with Crippen molar-refractivity contribution in [1.29, 1.82) is 0 Å². The Labute approximate surface area is 157 Å². The third-order valence-corrected chi connectivity index (χ3v) is 5.69. The first-order chi connectivity index (χ1) is 12.3. The van der Waals surface area contributed by atoms with Crippen LogP contribution in [0, 0.1) is 0 Å². The van der Waals surface area contributed by atoms with E-state index in [9.17, 15) is 18.0 Å². The first kappa shape index (κ1) is 20.2. The fourth-order valence-electron chi connectivity index (χ4n) is 2.21. The first-order valence-electron chi connectivity index (χ1n) is 7.82. The molecule has 0 saturated carbocycles. The minimum absolute atomic E-state index is 0.114. The van der Waals surface area contributed by atoms with Crippen LogP contribution in [-0.2, 0) is 24.3 Å². The van der Waals surface area contributed by atoms with Gasteiger partial charge in [-0.3, -0.25) is 14.5 Å². The van der Waals surface area contributed by atoms with Gasteiger partial charge < -0.3 is 9.64 Å². The van der Waals surface area contributed by atoms with E-state index in [1.807, 2.05) is 6.26 Å². The summed E-state index contributed by atoms with van der Waals surface area (Å²) in [5.74, 6) is -0.263. The van der Waals surface area contributed by atoms with E-state index >= 15 is 0 Å². The van der Waals surface area contributed by atoms with Crippen molar-refractivity contribution in [3.63, 3.8) is 0 Å². The molecule has 0 spiro atoms. The number of aliphatic imine (C=N–C) groups is 1. The Bertz CT molecular complexity index is 821. The van der Waals surface area contributed by atoms with Gasteiger partial charge in [0.1, 0.15) is 5.84 Å². The van der Waals surface area contributed by atoms with Crippen molar-refractivity contribution in [3.05, 3.63) is 29.8 Å². The maximum absolute atomic E-state index is 12.4. The molecule has 8 nitrogen and oxygen atoms in total. The van der Waals surface area contributed by atoms with Crippen LogP contribution in [0.5, 0.6) is 0 Å². The summed E-state index contributed by atoms with van der Waals surface area (Å²) in [6, 6.07) is 5.51. The van der Waals surface area contributed by atoms with Gasteiger partial charge in [0.15, 0.2) is 12.6 Å². The molecule has 1 amide bonds. The lowest BCUT2D eigenvalue weighted by Crippen LogP contribution is -2.32. The molecule has 0 bridgehead atoms. The SMILES string of the molecule is CSCC[C@@H](N=C1NS(=O)(=O)c2ccccc21)C(=O)OCC(=O)N(C)C. The maximum atomic E-state index is 12.4. The highest BCUT2D eigenvalue weighted by atomic mass is 32.2. The molecular weight excluding hydrogens is 378 g/mol. The number of rotatable bonds is 7. The number of thioether (sulfide) groups is 1. The highest BCUT2D eigenvalue weighted by Crippen LogP contribution is 2.23. The number of nitrogens with zero attached hydrogens (tertiary/aromatic N) is 2. The zero-order valence-electron chi connectivity index (χ0n) is 14.8. The van der Waals surface area contributed by atoms with E-state index in [1.54, 1.807) is 32.3 Å². The Balaban J connectivity index is 2.24. The normalized spacial score (nSPS) is 17.3. The molecule has 1 aliphatic heterocycles. The first-order valence-corrected chi connectivity index (χ1v) is 10.7. The predicted molar refractivity (Wildman–Crippen MR) is 99.7 cm³/mol. The van der Waals surface area contributed by atoms with E-state index in [2.05, 4.69) is 9.71 Å². The number of amides is 1. The lowest BCUT2D eigenvalue weighted by molar-refractivity contribution is -0.152.